The summed E-state index contributed by atoms with van der Waals surface area (Å²) in [7, 11) is 0. The summed E-state index contributed by atoms with van der Waals surface area (Å²) in [5, 5.41) is 15.7. The second-order valence-electron chi connectivity index (χ2n) is 7.55. The van der Waals surface area contributed by atoms with Crippen molar-refractivity contribution < 1.29 is 9.50 Å². The second kappa shape index (κ2) is 6.22. The number of aromatic nitrogens is 2. The number of halogens is 1. The number of benzene rings is 1. The second-order valence-corrected chi connectivity index (χ2v) is 7.55. The van der Waals surface area contributed by atoms with E-state index in [2.05, 4.69) is 23.8 Å². The highest BCUT2D eigenvalue weighted by Gasteiger charge is 2.49. The minimum absolute atomic E-state index is 0.294. The van der Waals surface area contributed by atoms with Gasteiger partial charge >= 0.3 is 0 Å². The van der Waals surface area contributed by atoms with Gasteiger partial charge in [-0.3, -0.25) is 9.58 Å². The molecular formula is C20H26FN3O. The van der Waals surface area contributed by atoms with Gasteiger partial charge in [0.15, 0.2) is 0 Å². The number of aliphatic hydroxyl groups is 1. The van der Waals surface area contributed by atoms with E-state index in [1.165, 1.54) is 17.3 Å². The van der Waals surface area contributed by atoms with Gasteiger partial charge in [0.25, 0.3) is 0 Å². The molecule has 0 aliphatic carbocycles. The van der Waals surface area contributed by atoms with Gasteiger partial charge in [-0.2, -0.15) is 5.10 Å². The molecule has 2 atom stereocenters. The van der Waals surface area contributed by atoms with Crippen LogP contribution in [0, 0.1) is 12.7 Å². The van der Waals surface area contributed by atoms with E-state index in [-0.39, 0.29) is 5.82 Å². The average molecular weight is 343 g/mol. The smallest absolute Gasteiger partial charge is 0.129 e. The molecule has 0 saturated carbocycles. The lowest BCUT2D eigenvalue weighted by molar-refractivity contribution is -0.0616. The summed E-state index contributed by atoms with van der Waals surface area (Å²) >= 11 is 0. The molecule has 1 aromatic heterocycles. The lowest BCUT2D eigenvalue weighted by atomic mass is 9.80. The maximum atomic E-state index is 14.2. The Balaban J connectivity index is 1.56. The topological polar surface area (TPSA) is 41.3 Å². The summed E-state index contributed by atoms with van der Waals surface area (Å²) in [5.41, 5.74) is 1.89. The highest BCUT2D eigenvalue weighted by molar-refractivity contribution is 5.27. The molecule has 2 aliphatic rings. The fraction of sp³-hybridized carbons (Fsp3) is 0.550. The Morgan fingerprint density at radius 1 is 1.24 bits per heavy atom. The summed E-state index contributed by atoms with van der Waals surface area (Å²) in [4.78, 5) is 2.50. The maximum absolute atomic E-state index is 14.2. The normalized spacial score (nSPS) is 29.3. The van der Waals surface area contributed by atoms with E-state index >= 15 is 0 Å². The largest absolute Gasteiger partial charge is 0.385 e. The van der Waals surface area contributed by atoms with Crippen LogP contribution in [-0.2, 0) is 18.7 Å². The van der Waals surface area contributed by atoms with Gasteiger partial charge < -0.3 is 5.11 Å². The van der Waals surface area contributed by atoms with Gasteiger partial charge in [0, 0.05) is 42.0 Å². The summed E-state index contributed by atoms with van der Waals surface area (Å²) < 4.78 is 16.3. The molecular weight excluding hydrogens is 317 g/mol. The molecule has 2 fully saturated rings. The van der Waals surface area contributed by atoms with Crippen molar-refractivity contribution in [3.8, 4) is 0 Å². The lowest BCUT2D eigenvalue weighted by Crippen LogP contribution is -2.49. The Labute approximate surface area is 148 Å². The van der Waals surface area contributed by atoms with Crippen LogP contribution in [0.4, 0.5) is 4.39 Å². The lowest BCUT2D eigenvalue weighted by Gasteiger charge is -2.44. The summed E-state index contributed by atoms with van der Waals surface area (Å²) in [6.07, 6.45) is 5.32. The van der Waals surface area contributed by atoms with Crippen molar-refractivity contribution in [1.29, 1.82) is 0 Å². The van der Waals surface area contributed by atoms with Crippen molar-refractivity contribution in [2.45, 2.75) is 70.3 Å². The molecule has 4 rings (SSSR count). The van der Waals surface area contributed by atoms with Crippen molar-refractivity contribution in [3.63, 3.8) is 0 Å². The number of aryl methyl sites for hydroxylation is 1. The van der Waals surface area contributed by atoms with Crippen LogP contribution in [0.1, 0.15) is 49.4 Å². The standard InChI is InChI=1S/C20H26FN3O/c1-3-24-14(2)15(12-22-24)13-23-16-8-9-17(23)11-20(25,10-16)18-6-4-5-7-19(18)21/h4-7,12,16-17,25H,3,8-11,13H2,1-2H3/t16-,17-/m0/s1. The van der Waals surface area contributed by atoms with Crippen LogP contribution >= 0.6 is 0 Å². The molecule has 2 aliphatic heterocycles. The van der Waals surface area contributed by atoms with Crippen LogP contribution in [0.25, 0.3) is 0 Å². The zero-order valence-electron chi connectivity index (χ0n) is 15.0. The minimum Gasteiger partial charge on any atom is -0.385 e. The van der Waals surface area contributed by atoms with Crippen LogP contribution in [0.3, 0.4) is 0 Å². The number of hydrogen-bond donors (Lipinski definition) is 1. The van der Waals surface area contributed by atoms with E-state index in [0.29, 0.717) is 30.5 Å². The fourth-order valence-corrected chi connectivity index (χ4v) is 4.79. The number of piperidine rings is 1. The first-order chi connectivity index (χ1) is 12.0. The maximum Gasteiger partial charge on any atom is 0.129 e. The first kappa shape index (κ1) is 16.7. The molecule has 134 valence electrons. The first-order valence-corrected chi connectivity index (χ1v) is 9.26. The van der Waals surface area contributed by atoms with Crippen molar-refractivity contribution in [3.05, 3.63) is 53.1 Å². The Morgan fingerprint density at radius 3 is 2.52 bits per heavy atom. The molecule has 2 bridgehead atoms. The van der Waals surface area contributed by atoms with E-state index in [0.717, 1.165) is 25.9 Å². The molecule has 2 saturated heterocycles. The molecule has 5 heteroatoms. The Kier molecular flexibility index (Phi) is 4.16. The van der Waals surface area contributed by atoms with E-state index in [4.69, 9.17) is 0 Å². The van der Waals surface area contributed by atoms with Gasteiger partial charge in [0.05, 0.1) is 11.8 Å². The van der Waals surface area contributed by atoms with Gasteiger partial charge in [0.2, 0.25) is 0 Å². The van der Waals surface area contributed by atoms with Crippen molar-refractivity contribution in [2.24, 2.45) is 0 Å². The highest BCUT2D eigenvalue weighted by Crippen LogP contribution is 2.46. The van der Waals surface area contributed by atoms with E-state index in [1.54, 1.807) is 12.1 Å². The van der Waals surface area contributed by atoms with Crippen LogP contribution in [0.15, 0.2) is 30.5 Å². The molecule has 0 amide bonds. The zero-order chi connectivity index (χ0) is 17.6. The van der Waals surface area contributed by atoms with Crippen molar-refractivity contribution in [2.75, 3.05) is 0 Å². The van der Waals surface area contributed by atoms with E-state index in [9.17, 15) is 9.50 Å². The summed E-state index contributed by atoms with van der Waals surface area (Å²) in [6.45, 7) is 5.97. The number of fused-ring (bicyclic) bond motifs is 2. The molecule has 1 aromatic carbocycles. The van der Waals surface area contributed by atoms with Crippen LogP contribution in [0.2, 0.25) is 0 Å². The third-order valence-corrected chi connectivity index (χ3v) is 6.15. The highest BCUT2D eigenvalue weighted by atomic mass is 19.1. The van der Waals surface area contributed by atoms with Gasteiger partial charge in [-0.05, 0) is 45.6 Å². The Morgan fingerprint density at radius 2 is 1.92 bits per heavy atom. The number of hydrogen-bond acceptors (Lipinski definition) is 3. The summed E-state index contributed by atoms with van der Waals surface area (Å²) in [6, 6.07) is 7.28. The molecule has 4 nitrogen and oxygen atoms in total. The average Bonchev–Trinajstić information content (AvgIpc) is 3.06. The third-order valence-electron chi connectivity index (χ3n) is 6.15. The van der Waals surface area contributed by atoms with Crippen LogP contribution < -0.4 is 0 Å². The molecule has 3 heterocycles. The SMILES string of the molecule is CCn1ncc(CN2[C@H]3CC[C@H]2CC(O)(c2ccccc2F)C3)c1C. The fourth-order valence-electron chi connectivity index (χ4n) is 4.79. The Bertz CT molecular complexity index is 758. The summed E-state index contributed by atoms with van der Waals surface area (Å²) in [5.74, 6) is -0.294. The number of rotatable bonds is 4. The van der Waals surface area contributed by atoms with Crippen molar-refractivity contribution in [1.82, 2.24) is 14.7 Å². The predicted octanol–water partition coefficient (Wildman–Crippen LogP) is 3.37. The Hall–Kier alpha value is -1.72. The first-order valence-electron chi connectivity index (χ1n) is 9.26. The zero-order valence-corrected chi connectivity index (χ0v) is 15.0. The van der Waals surface area contributed by atoms with E-state index < -0.39 is 5.60 Å². The molecule has 0 spiro atoms. The van der Waals surface area contributed by atoms with Crippen LogP contribution in [0.5, 0.6) is 0 Å². The van der Waals surface area contributed by atoms with Gasteiger partial charge in [-0.1, -0.05) is 18.2 Å². The molecule has 0 unspecified atom stereocenters. The minimum atomic E-state index is -1.05. The van der Waals surface area contributed by atoms with Gasteiger partial charge in [-0.15, -0.1) is 0 Å². The molecule has 1 N–H and O–H groups in total. The molecule has 2 aromatic rings. The predicted molar refractivity (Wildman–Crippen MR) is 94.5 cm³/mol. The van der Waals surface area contributed by atoms with Crippen LogP contribution in [-0.4, -0.2) is 31.9 Å². The van der Waals surface area contributed by atoms with E-state index in [1.807, 2.05) is 16.9 Å². The van der Waals surface area contributed by atoms with Gasteiger partial charge in [0.1, 0.15) is 5.82 Å². The third kappa shape index (κ3) is 2.79. The number of nitrogens with zero attached hydrogens (tertiary/aromatic N) is 3. The molecule has 25 heavy (non-hydrogen) atoms. The monoisotopic (exact) mass is 343 g/mol. The van der Waals surface area contributed by atoms with Gasteiger partial charge in [-0.25, -0.2) is 4.39 Å². The van der Waals surface area contributed by atoms with Crippen molar-refractivity contribution >= 4 is 0 Å². The molecule has 0 radical (unpaired) electrons. The quantitative estimate of drug-likeness (QED) is 0.925.